The van der Waals surface area contributed by atoms with Crippen molar-refractivity contribution in [3.05, 3.63) is 83.8 Å². The number of benzene rings is 2. The molecule has 1 N–H and O–H groups in total. The third kappa shape index (κ3) is 5.65. The Morgan fingerprint density at radius 1 is 0.824 bits per heavy atom. The fourth-order valence-corrected chi connectivity index (χ4v) is 3.33. The molecule has 0 fully saturated rings. The third-order valence-electron chi connectivity index (χ3n) is 5.05. The SMILES string of the molecule is COc1ccccc1Oc1c(CCc2ccc(C)cc2)nc(-c2ncccn2)nc1OCCO. The molecule has 0 aliphatic heterocycles. The molecule has 0 radical (unpaired) electrons. The largest absolute Gasteiger partial charge is 0.493 e. The molecule has 0 saturated carbocycles. The topological polar surface area (TPSA) is 99.5 Å². The van der Waals surface area contributed by atoms with Crippen LogP contribution >= 0.6 is 0 Å². The van der Waals surface area contributed by atoms with Crippen molar-refractivity contribution < 1.29 is 19.3 Å². The number of hydrogen-bond donors (Lipinski definition) is 1. The Hall–Kier alpha value is -4.04. The first-order valence-electron chi connectivity index (χ1n) is 11.0. The van der Waals surface area contributed by atoms with Crippen LogP contribution in [0.4, 0.5) is 0 Å². The molecular formula is C26H26N4O4. The summed E-state index contributed by atoms with van der Waals surface area (Å²) in [7, 11) is 1.58. The molecule has 174 valence electrons. The summed E-state index contributed by atoms with van der Waals surface area (Å²) in [6, 6.07) is 17.4. The number of ether oxygens (including phenoxy) is 3. The Labute approximate surface area is 198 Å². The zero-order chi connectivity index (χ0) is 23.8. The Morgan fingerprint density at radius 2 is 1.56 bits per heavy atom. The lowest BCUT2D eigenvalue weighted by Gasteiger charge is -2.17. The van der Waals surface area contributed by atoms with Gasteiger partial charge in [0.15, 0.2) is 17.3 Å². The van der Waals surface area contributed by atoms with Gasteiger partial charge >= 0.3 is 0 Å². The lowest BCUT2D eigenvalue weighted by molar-refractivity contribution is 0.192. The highest BCUT2D eigenvalue weighted by molar-refractivity contribution is 5.52. The van der Waals surface area contributed by atoms with Crippen LogP contribution in [0.3, 0.4) is 0 Å². The monoisotopic (exact) mass is 458 g/mol. The number of nitrogens with zero attached hydrogens (tertiary/aromatic N) is 4. The number of methoxy groups -OCH3 is 1. The van der Waals surface area contributed by atoms with Gasteiger partial charge in [-0.05, 0) is 43.5 Å². The van der Waals surface area contributed by atoms with Crippen LogP contribution in [0.5, 0.6) is 23.1 Å². The molecule has 8 heteroatoms. The molecular weight excluding hydrogens is 432 g/mol. The first-order chi connectivity index (χ1) is 16.7. The van der Waals surface area contributed by atoms with E-state index in [2.05, 4.69) is 46.1 Å². The Bertz CT molecular complexity index is 1220. The van der Waals surface area contributed by atoms with Crippen LogP contribution in [-0.4, -0.2) is 45.4 Å². The Kier molecular flexibility index (Phi) is 7.62. The van der Waals surface area contributed by atoms with Crippen LogP contribution in [0, 0.1) is 6.92 Å². The molecule has 2 heterocycles. The van der Waals surface area contributed by atoms with Gasteiger partial charge in [0, 0.05) is 12.4 Å². The fraction of sp³-hybridized carbons (Fsp3) is 0.231. The number of aryl methyl sites for hydroxylation is 3. The number of aliphatic hydroxyl groups is 1. The van der Waals surface area contributed by atoms with E-state index in [-0.39, 0.29) is 19.1 Å². The third-order valence-corrected chi connectivity index (χ3v) is 5.05. The lowest BCUT2D eigenvalue weighted by Crippen LogP contribution is -2.10. The number of para-hydroxylation sites is 2. The van der Waals surface area contributed by atoms with Crippen LogP contribution in [0.2, 0.25) is 0 Å². The lowest BCUT2D eigenvalue weighted by atomic mass is 10.1. The van der Waals surface area contributed by atoms with Gasteiger partial charge in [-0.25, -0.2) is 15.0 Å². The summed E-state index contributed by atoms with van der Waals surface area (Å²) in [5.41, 5.74) is 3.01. The second kappa shape index (κ2) is 11.2. The molecule has 0 spiro atoms. The molecule has 2 aromatic heterocycles. The smallest absolute Gasteiger partial charge is 0.261 e. The summed E-state index contributed by atoms with van der Waals surface area (Å²) in [4.78, 5) is 17.8. The van der Waals surface area contributed by atoms with Crippen molar-refractivity contribution in [2.45, 2.75) is 19.8 Å². The summed E-state index contributed by atoms with van der Waals surface area (Å²) >= 11 is 0. The molecule has 4 aromatic rings. The maximum Gasteiger partial charge on any atom is 0.261 e. The first-order valence-corrected chi connectivity index (χ1v) is 11.0. The molecule has 0 bridgehead atoms. The predicted octanol–water partition coefficient (Wildman–Crippen LogP) is 4.20. The van der Waals surface area contributed by atoms with Gasteiger partial charge in [-0.2, -0.15) is 4.98 Å². The van der Waals surface area contributed by atoms with Gasteiger partial charge in [0.25, 0.3) is 5.88 Å². The molecule has 34 heavy (non-hydrogen) atoms. The molecule has 0 aliphatic rings. The van der Waals surface area contributed by atoms with Crippen LogP contribution < -0.4 is 14.2 Å². The molecule has 4 rings (SSSR count). The van der Waals surface area contributed by atoms with Gasteiger partial charge in [0.2, 0.25) is 11.6 Å². The van der Waals surface area contributed by atoms with E-state index in [0.717, 1.165) is 6.42 Å². The number of rotatable bonds is 10. The second-order valence-corrected chi connectivity index (χ2v) is 7.51. The summed E-state index contributed by atoms with van der Waals surface area (Å²) < 4.78 is 17.5. The number of aromatic nitrogens is 4. The van der Waals surface area contributed by atoms with Crippen LogP contribution in [0.25, 0.3) is 11.6 Å². The molecule has 0 atom stereocenters. The van der Waals surface area contributed by atoms with E-state index in [1.165, 1.54) is 11.1 Å². The van der Waals surface area contributed by atoms with Gasteiger partial charge in [-0.3, -0.25) is 0 Å². The van der Waals surface area contributed by atoms with Gasteiger partial charge in [0.05, 0.1) is 19.4 Å². The highest BCUT2D eigenvalue weighted by atomic mass is 16.5. The van der Waals surface area contributed by atoms with E-state index in [9.17, 15) is 5.11 Å². The van der Waals surface area contributed by atoms with E-state index in [0.29, 0.717) is 41.0 Å². The normalized spacial score (nSPS) is 10.7. The summed E-state index contributed by atoms with van der Waals surface area (Å²) in [6.07, 6.45) is 4.55. The zero-order valence-electron chi connectivity index (χ0n) is 19.1. The van der Waals surface area contributed by atoms with Crippen molar-refractivity contribution in [1.82, 2.24) is 19.9 Å². The highest BCUT2D eigenvalue weighted by Gasteiger charge is 2.21. The van der Waals surface area contributed by atoms with Crippen LogP contribution in [0.1, 0.15) is 16.8 Å². The van der Waals surface area contributed by atoms with Gasteiger partial charge in [-0.1, -0.05) is 42.0 Å². The van der Waals surface area contributed by atoms with Crippen LogP contribution in [0.15, 0.2) is 67.0 Å². The van der Waals surface area contributed by atoms with Gasteiger partial charge < -0.3 is 19.3 Å². The first kappa shape index (κ1) is 23.1. The minimum Gasteiger partial charge on any atom is -0.493 e. The van der Waals surface area contributed by atoms with Crippen molar-refractivity contribution in [2.75, 3.05) is 20.3 Å². The Morgan fingerprint density at radius 3 is 2.26 bits per heavy atom. The van der Waals surface area contributed by atoms with Gasteiger partial charge in [-0.15, -0.1) is 0 Å². The molecule has 0 aliphatic carbocycles. The number of hydrogen-bond acceptors (Lipinski definition) is 8. The van der Waals surface area contributed by atoms with Crippen molar-refractivity contribution in [1.29, 1.82) is 0 Å². The predicted molar refractivity (Wildman–Crippen MR) is 127 cm³/mol. The van der Waals surface area contributed by atoms with Crippen molar-refractivity contribution in [3.8, 4) is 34.8 Å². The van der Waals surface area contributed by atoms with E-state index in [4.69, 9.17) is 19.2 Å². The average molecular weight is 459 g/mol. The summed E-state index contributed by atoms with van der Waals surface area (Å²) in [5.74, 6) is 2.33. The van der Waals surface area contributed by atoms with Crippen molar-refractivity contribution in [2.24, 2.45) is 0 Å². The summed E-state index contributed by atoms with van der Waals surface area (Å²) in [5, 5.41) is 9.37. The van der Waals surface area contributed by atoms with Crippen molar-refractivity contribution >= 4 is 0 Å². The molecule has 8 nitrogen and oxygen atoms in total. The van der Waals surface area contributed by atoms with E-state index >= 15 is 0 Å². The molecule has 0 saturated heterocycles. The van der Waals surface area contributed by atoms with Gasteiger partial charge in [0.1, 0.15) is 6.61 Å². The van der Waals surface area contributed by atoms with E-state index in [1.807, 2.05) is 18.2 Å². The maximum atomic E-state index is 9.37. The average Bonchev–Trinajstić information content (AvgIpc) is 2.88. The second-order valence-electron chi connectivity index (χ2n) is 7.51. The minimum atomic E-state index is -0.173. The van der Waals surface area contributed by atoms with Crippen molar-refractivity contribution in [3.63, 3.8) is 0 Å². The molecule has 0 amide bonds. The maximum absolute atomic E-state index is 9.37. The molecule has 2 aromatic carbocycles. The molecule has 0 unspecified atom stereocenters. The fourth-order valence-electron chi connectivity index (χ4n) is 3.33. The minimum absolute atomic E-state index is 0.0474. The summed E-state index contributed by atoms with van der Waals surface area (Å²) in [6.45, 7) is 1.93. The Balaban J connectivity index is 1.78. The van der Waals surface area contributed by atoms with E-state index < -0.39 is 0 Å². The van der Waals surface area contributed by atoms with Crippen LogP contribution in [-0.2, 0) is 12.8 Å². The highest BCUT2D eigenvalue weighted by Crippen LogP contribution is 2.38. The standard InChI is InChI=1S/C26H26N4O4/c1-18-8-10-19(11-9-18)12-13-20-23(34-22-7-4-3-6-21(22)32-2)26(33-17-16-31)30-25(29-20)24-27-14-5-15-28-24/h3-11,14-15,31H,12-13,16-17H2,1-2H3. The van der Waals surface area contributed by atoms with E-state index in [1.54, 1.807) is 31.6 Å². The quantitative estimate of drug-likeness (QED) is 0.377. The zero-order valence-corrected chi connectivity index (χ0v) is 19.1. The number of aliphatic hydroxyl groups excluding tert-OH is 1.